The number of hydrogen-bond acceptors (Lipinski definition) is 5. The van der Waals surface area contributed by atoms with E-state index in [1.165, 1.54) is 12.8 Å². The first-order valence-corrected chi connectivity index (χ1v) is 10.3. The van der Waals surface area contributed by atoms with Gasteiger partial charge < -0.3 is 20.5 Å². The topological polar surface area (TPSA) is 78.8 Å². The molecule has 1 fully saturated rings. The quantitative estimate of drug-likeness (QED) is 0.270. The molecule has 2 aromatic rings. The number of guanidine groups is 1. The second kappa shape index (κ2) is 11.0. The maximum Gasteiger partial charge on any atom is 0.213 e. The summed E-state index contributed by atoms with van der Waals surface area (Å²) in [6, 6.07) is 7.77. The highest BCUT2D eigenvalue weighted by Gasteiger charge is 2.24. The van der Waals surface area contributed by atoms with Crippen LogP contribution in [0.25, 0.3) is 0 Å². The molecule has 154 valence electrons. The molecule has 0 aliphatic heterocycles. The number of rotatable bonds is 9. The van der Waals surface area contributed by atoms with Crippen molar-refractivity contribution in [3.05, 3.63) is 46.3 Å². The van der Waals surface area contributed by atoms with Gasteiger partial charge in [0.2, 0.25) is 5.88 Å². The number of nitrogens with one attached hydrogen (secondary N) is 2. The zero-order valence-corrected chi connectivity index (χ0v) is 19.5. The summed E-state index contributed by atoms with van der Waals surface area (Å²) in [6.07, 6.45) is 4.28. The Morgan fingerprint density at radius 2 is 2.21 bits per heavy atom. The highest BCUT2D eigenvalue weighted by Crippen LogP contribution is 2.29. The predicted octanol–water partition coefficient (Wildman–Crippen LogP) is 3.51. The van der Waals surface area contributed by atoms with Crippen LogP contribution in [0.15, 0.2) is 40.8 Å². The molecule has 2 aromatic heterocycles. The van der Waals surface area contributed by atoms with Gasteiger partial charge >= 0.3 is 0 Å². The van der Waals surface area contributed by atoms with Crippen LogP contribution in [0, 0.1) is 5.92 Å². The number of nitrogens with zero attached hydrogens (tertiary/aromatic N) is 2. The van der Waals surface area contributed by atoms with Crippen molar-refractivity contribution in [1.82, 2.24) is 15.6 Å². The van der Waals surface area contributed by atoms with E-state index >= 15 is 0 Å². The van der Waals surface area contributed by atoms with E-state index < -0.39 is 5.60 Å². The average molecular weight is 516 g/mol. The lowest BCUT2D eigenvalue weighted by Crippen LogP contribution is -2.44. The summed E-state index contributed by atoms with van der Waals surface area (Å²) in [5.74, 6) is 2.04. The summed E-state index contributed by atoms with van der Waals surface area (Å²) in [4.78, 5) is 9.81. The summed E-state index contributed by atoms with van der Waals surface area (Å²) in [5, 5.41) is 19.1. The van der Waals surface area contributed by atoms with E-state index in [1.807, 2.05) is 43.5 Å². The minimum atomic E-state index is -0.940. The smallest absolute Gasteiger partial charge is 0.213 e. The molecule has 3 rings (SSSR count). The molecule has 1 atom stereocenters. The summed E-state index contributed by atoms with van der Waals surface area (Å²) in [6.45, 7) is 6.22. The number of ether oxygens (including phenoxy) is 1. The molecule has 1 unspecified atom stereocenters. The summed E-state index contributed by atoms with van der Waals surface area (Å²) < 4.78 is 5.74. The Morgan fingerprint density at radius 1 is 1.39 bits per heavy atom. The van der Waals surface area contributed by atoms with Crippen molar-refractivity contribution in [2.75, 3.05) is 19.7 Å². The van der Waals surface area contributed by atoms with E-state index in [0.29, 0.717) is 30.8 Å². The van der Waals surface area contributed by atoms with Gasteiger partial charge in [-0.25, -0.2) is 9.98 Å². The maximum atomic E-state index is 10.7. The molecule has 8 heteroatoms. The SMILES string of the molecule is CCNC(=NCc1ccnc(OCC2CC2)c1)NCC(C)(O)c1cccs1.I. The third kappa shape index (κ3) is 7.21. The lowest BCUT2D eigenvalue weighted by Gasteiger charge is -2.23. The first-order chi connectivity index (χ1) is 13.1. The van der Waals surface area contributed by atoms with Gasteiger partial charge in [0.1, 0.15) is 5.60 Å². The van der Waals surface area contributed by atoms with E-state index in [9.17, 15) is 5.11 Å². The second-order valence-corrected chi connectivity index (χ2v) is 8.00. The summed E-state index contributed by atoms with van der Waals surface area (Å²) in [5.41, 5.74) is 0.100. The van der Waals surface area contributed by atoms with Crippen LogP contribution in [-0.4, -0.2) is 35.7 Å². The van der Waals surface area contributed by atoms with Crippen molar-refractivity contribution >= 4 is 41.3 Å². The number of aromatic nitrogens is 1. The van der Waals surface area contributed by atoms with E-state index in [0.717, 1.165) is 23.6 Å². The van der Waals surface area contributed by atoms with Gasteiger partial charge in [0, 0.05) is 23.7 Å². The molecule has 3 N–H and O–H groups in total. The molecule has 1 aliphatic rings. The number of aliphatic imine (C=N–C) groups is 1. The first-order valence-electron chi connectivity index (χ1n) is 9.43. The highest BCUT2D eigenvalue weighted by molar-refractivity contribution is 14.0. The minimum absolute atomic E-state index is 0. The van der Waals surface area contributed by atoms with Gasteiger partial charge in [-0.05, 0) is 55.7 Å². The molecule has 0 amide bonds. The van der Waals surface area contributed by atoms with E-state index in [-0.39, 0.29) is 24.0 Å². The van der Waals surface area contributed by atoms with E-state index in [2.05, 4.69) is 20.6 Å². The third-order valence-corrected chi connectivity index (χ3v) is 5.50. The fourth-order valence-corrected chi connectivity index (χ4v) is 3.34. The van der Waals surface area contributed by atoms with Gasteiger partial charge in [-0.3, -0.25) is 0 Å². The number of hydrogen-bond donors (Lipinski definition) is 3. The van der Waals surface area contributed by atoms with Crippen LogP contribution in [0.4, 0.5) is 0 Å². The van der Waals surface area contributed by atoms with Crippen LogP contribution >= 0.6 is 35.3 Å². The Hall–Kier alpha value is -1.39. The van der Waals surface area contributed by atoms with Crippen LogP contribution in [0.1, 0.15) is 37.1 Å². The third-order valence-electron chi connectivity index (χ3n) is 4.38. The zero-order valence-electron chi connectivity index (χ0n) is 16.4. The van der Waals surface area contributed by atoms with Crippen LogP contribution in [-0.2, 0) is 12.1 Å². The minimum Gasteiger partial charge on any atom is -0.477 e. The average Bonchev–Trinajstić information content (AvgIpc) is 3.32. The number of halogens is 1. The molecule has 0 radical (unpaired) electrons. The molecule has 6 nitrogen and oxygen atoms in total. The van der Waals surface area contributed by atoms with Gasteiger partial charge in [0.15, 0.2) is 5.96 Å². The van der Waals surface area contributed by atoms with Gasteiger partial charge in [0.25, 0.3) is 0 Å². The molecule has 2 heterocycles. The van der Waals surface area contributed by atoms with Crippen molar-refractivity contribution in [1.29, 1.82) is 0 Å². The number of thiophene rings is 1. The Morgan fingerprint density at radius 3 is 2.89 bits per heavy atom. The molecule has 0 saturated heterocycles. The molecule has 0 spiro atoms. The van der Waals surface area contributed by atoms with Gasteiger partial charge in [-0.1, -0.05) is 6.07 Å². The fraction of sp³-hybridized carbons (Fsp3) is 0.500. The molecule has 1 saturated carbocycles. The van der Waals surface area contributed by atoms with E-state index in [4.69, 9.17) is 4.74 Å². The van der Waals surface area contributed by atoms with Crippen molar-refractivity contribution < 1.29 is 9.84 Å². The Bertz CT molecular complexity index is 748. The molecular weight excluding hydrogens is 487 g/mol. The molecule has 28 heavy (non-hydrogen) atoms. The Labute approximate surface area is 187 Å². The fourth-order valence-electron chi connectivity index (χ4n) is 2.56. The molecular formula is C20H29IN4O2S. The van der Waals surface area contributed by atoms with Gasteiger partial charge in [-0.15, -0.1) is 35.3 Å². The standard InChI is InChI=1S/C20H28N4O2S.HI/c1-3-21-19(24-14-20(2,25)17-5-4-10-27-17)23-12-16-8-9-22-18(11-16)26-13-15-6-7-15;/h4-5,8-11,15,25H,3,6-7,12-14H2,1-2H3,(H2,21,23,24);1H. The Kier molecular flexibility index (Phi) is 8.97. The van der Waals surface area contributed by atoms with Gasteiger partial charge in [-0.2, -0.15) is 0 Å². The normalized spacial score (nSPS) is 16.0. The Balaban J connectivity index is 0.00000280. The summed E-state index contributed by atoms with van der Waals surface area (Å²) >= 11 is 1.55. The molecule has 0 aromatic carbocycles. The molecule has 0 bridgehead atoms. The summed E-state index contributed by atoms with van der Waals surface area (Å²) in [7, 11) is 0. The first kappa shape index (κ1) is 22.9. The van der Waals surface area contributed by atoms with Crippen LogP contribution in [0.2, 0.25) is 0 Å². The van der Waals surface area contributed by atoms with E-state index in [1.54, 1.807) is 17.5 Å². The number of pyridine rings is 1. The molecule has 1 aliphatic carbocycles. The highest BCUT2D eigenvalue weighted by atomic mass is 127. The second-order valence-electron chi connectivity index (χ2n) is 7.06. The maximum absolute atomic E-state index is 10.7. The van der Waals surface area contributed by atoms with Crippen molar-refractivity contribution in [3.8, 4) is 5.88 Å². The van der Waals surface area contributed by atoms with Crippen LogP contribution < -0.4 is 15.4 Å². The van der Waals surface area contributed by atoms with Gasteiger partial charge in [0.05, 0.1) is 19.7 Å². The predicted molar refractivity (Wildman–Crippen MR) is 125 cm³/mol. The van der Waals surface area contributed by atoms with Crippen molar-refractivity contribution in [3.63, 3.8) is 0 Å². The lowest BCUT2D eigenvalue weighted by molar-refractivity contribution is 0.0655. The zero-order chi connectivity index (χ0) is 19.1. The van der Waals surface area contributed by atoms with Crippen LogP contribution in [0.3, 0.4) is 0 Å². The number of aliphatic hydroxyl groups is 1. The lowest BCUT2D eigenvalue weighted by atomic mass is 10.1. The monoisotopic (exact) mass is 516 g/mol. The van der Waals surface area contributed by atoms with Crippen LogP contribution in [0.5, 0.6) is 5.88 Å². The van der Waals surface area contributed by atoms with Crippen molar-refractivity contribution in [2.24, 2.45) is 10.9 Å². The van der Waals surface area contributed by atoms with Crippen molar-refractivity contribution in [2.45, 2.75) is 38.8 Å². The largest absolute Gasteiger partial charge is 0.477 e.